The Morgan fingerprint density at radius 2 is 2.43 bits per heavy atom. The van der Waals surface area contributed by atoms with Gasteiger partial charge in [-0.05, 0) is 19.1 Å². The molecule has 3 nitrogen and oxygen atoms in total. The van der Waals surface area contributed by atoms with Crippen LogP contribution in [0.5, 0.6) is 0 Å². The van der Waals surface area contributed by atoms with E-state index in [0.717, 1.165) is 5.69 Å². The van der Waals surface area contributed by atoms with Gasteiger partial charge in [0, 0.05) is 5.75 Å². The van der Waals surface area contributed by atoms with Crippen LogP contribution in [-0.2, 0) is 10.5 Å². The summed E-state index contributed by atoms with van der Waals surface area (Å²) < 4.78 is 0. The summed E-state index contributed by atoms with van der Waals surface area (Å²) in [4.78, 5) is 14.6. The number of pyridine rings is 1. The maximum absolute atomic E-state index is 10.5. The minimum absolute atomic E-state index is 0.421. The molecule has 0 aliphatic carbocycles. The molecular formula is C9H10ClNO2S. The highest BCUT2D eigenvalue weighted by Crippen LogP contribution is 2.17. The molecule has 0 fully saturated rings. The SMILES string of the molecule is CC(SCc1cccc(Cl)n1)C(=O)O. The van der Waals surface area contributed by atoms with Gasteiger partial charge >= 0.3 is 5.97 Å². The molecule has 1 heterocycles. The molecule has 14 heavy (non-hydrogen) atoms. The first-order chi connectivity index (χ1) is 6.59. The molecule has 0 spiro atoms. The number of rotatable bonds is 4. The lowest BCUT2D eigenvalue weighted by Crippen LogP contribution is -2.11. The zero-order valence-electron chi connectivity index (χ0n) is 7.61. The molecule has 0 saturated carbocycles. The van der Waals surface area contributed by atoms with Gasteiger partial charge in [-0.2, -0.15) is 0 Å². The van der Waals surface area contributed by atoms with Crippen LogP contribution in [0.15, 0.2) is 18.2 Å². The van der Waals surface area contributed by atoms with E-state index in [9.17, 15) is 4.79 Å². The van der Waals surface area contributed by atoms with Crippen molar-refractivity contribution in [3.63, 3.8) is 0 Å². The van der Waals surface area contributed by atoms with Gasteiger partial charge in [0.25, 0.3) is 0 Å². The van der Waals surface area contributed by atoms with Crippen LogP contribution in [-0.4, -0.2) is 21.3 Å². The van der Waals surface area contributed by atoms with E-state index in [1.807, 2.05) is 6.07 Å². The second kappa shape index (κ2) is 5.22. The normalized spacial score (nSPS) is 12.4. The molecule has 0 amide bonds. The molecule has 0 radical (unpaired) electrons. The van der Waals surface area contributed by atoms with Crippen LogP contribution in [0.3, 0.4) is 0 Å². The average Bonchev–Trinajstić information content (AvgIpc) is 2.14. The minimum atomic E-state index is -0.808. The van der Waals surface area contributed by atoms with Gasteiger partial charge in [-0.25, -0.2) is 4.98 Å². The van der Waals surface area contributed by atoms with E-state index >= 15 is 0 Å². The monoisotopic (exact) mass is 231 g/mol. The fourth-order valence-electron chi connectivity index (χ4n) is 0.812. The number of halogens is 1. The summed E-state index contributed by atoms with van der Waals surface area (Å²) in [5.74, 6) is -0.245. The Hall–Kier alpha value is -0.740. The average molecular weight is 232 g/mol. The lowest BCUT2D eigenvalue weighted by Gasteiger charge is -2.05. The Kier molecular flexibility index (Phi) is 4.22. The third kappa shape index (κ3) is 3.55. The summed E-state index contributed by atoms with van der Waals surface area (Å²) in [5.41, 5.74) is 0.801. The van der Waals surface area contributed by atoms with Crippen LogP contribution in [0, 0.1) is 0 Å². The highest BCUT2D eigenvalue weighted by molar-refractivity contribution is 7.99. The van der Waals surface area contributed by atoms with Crippen molar-refractivity contribution in [2.24, 2.45) is 0 Å². The number of hydrogen-bond donors (Lipinski definition) is 1. The number of carbonyl (C=O) groups is 1. The first kappa shape index (κ1) is 11.3. The topological polar surface area (TPSA) is 50.2 Å². The number of carboxylic acids is 1. The van der Waals surface area contributed by atoms with E-state index in [2.05, 4.69) is 4.98 Å². The largest absolute Gasteiger partial charge is 0.480 e. The summed E-state index contributed by atoms with van der Waals surface area (Å²) in [5, 5.41) is 8.66. The summed E-state index contributed by atoms with van der Waals surface area (Å²) in [6, 6.07) is 5.32. The zero-order chi connectivity index (χ0) is 10.6. The highest BCUT2D eigenvalue weighted by Gasteiger charge is 2.11. The van der Waals surface area contributed by atoms with Crippen molar-refractivity contribution in [3.05, 3.63) is 29.0 Å². The van der Waals surface area contributed by atoms with E-state index < -0.39 is 11.2 Å². The van der Waals surface area contributed by atoms with Crippen molar-refractivity contribution < 1.29 is 9.90 Å². The summed E-state index contributed by atoms with van der Waals surface area (Å²) in [6.45, 7) is 1.65. The molecule has 1 rings (SSSR count). The van der Waals surface area contributed by atoms with Gasteiger partial charge in [0.05, 0.1) is 10.9 Å². The van der Waals surface area contributed by atoms with E-state index in [-0.39, 0.29) is 0 Å². The third-order valence-electron chi connectivity index (χ3n) is 1.60. The molecule has 1 N–H and O–H groups in total. The van der Waals surface area contributed by atoms with Crippen molar-refractivity contribution in [1.29, 1.82) is 0 Å². The number of aromatic nitrogens is 1. The Bertz CT molecular complexity index is 332. The fraction of sp³-hybridized carbons (Fsp3) is 0.333. The Labute approximate surface area is 91.5 Å². The van der Waals surface area contributed by atoms with Crippen LogP contribution in [0.1, 0.15) is 12.6 Å². The number of hydrogen-bond acceptors (Lipinski definition) is 3. The third-order valence-corrected chi connectivity index (χ3v) is 2.98. The molecule has 5 heteroatoms. The summed E-state index contributed by atoms with van der Waals surface area (Å²) in [6.07, 6.45) is 0. The molecule has 1 atom stereocenters. The van der Waals surface area contributed by atoms with E-state index in [1.165, 1.54) is 11.8 Å². The quantitative estimate of drug-likeness (QED) is 0.809. The molecule has 0 aliphatic rings. The van der Waals surface area contributed by atoms with Gasteiger partial charge in [-0.3, -0.25) is 4.79 Å². The van der Waals surface area contributed by atoms with Crippen molar-refractivity contribution in [3.8, 4) is 0 Å². The van der Waals surface area contributed by atoms with Crippen molar-refractivity contribution in [2.45, 2.75) is 17.9 Å². The van der Waals surface area contributed by atoms with Gasteiger partial charge in [0.1, 0.15) is 5.15 Å². The second-order valence-electron chi connectivity index (χ2n) is 2.74. The van der Waals surface area contributed by atoms with Crippen LogP contribution < -0.4 is 0 Å². The molecule has 0 bridgehead atoms. The van der Waals surface area contributed by atoms with Crippen molar-refractivity contribution in [2.75, 3.05) is 0 Å². The molecule has 1 aromatic heterocycles. The van der Waals surface area contributed by atoms with Gasteiger partial charge in [0.2, 0.25) is 0 Å². The minimum Gasteiger partial charge on any atom is -0.480 e. The first-order valence-corrected chi connectivity index (χ1v) is 5.48. The van der Waals surface area contributed by atoms with E-state index in [1.54, 1.807) is 19.1 Å². The smallest absolute Gasteiger partial charge is 0.316 e. The predicted octanol–water partition coefficient (Wildman–Crippen LogP) is 2.44. The Balaban J connectivity index is 2.49. The predicted molar refractivity (Wildman–Crippen MR) is 57.6 cm³/mol. The lowest BCUT2D eigenvalue weighted by molar-refractivity contribution is -0.136. The molecular weight excluding hydrogens is 222 g/mol. The number of aliphatic carboxylic acids is 1. The van der Waals surface area contributed by atoms with Gasteiger partial charge in [-0.15, -0.1) is 11.8 Å². The molecule has 1 unspecified atom stereocenters. The summed E-state index contributed by atoms with van der Waals surface area (Å²) >= 11 is 7.01. The van der Waals surface area contributed by atoms with E-state index in [0.29, 0.717) is 10.9 Å². The maximum Gasteiger partial charge on any atom is 0.316 e. The standard InChI is InChI=1S/C9H10ClNO2S/c1-6(9(12)13)14-5-7-3-2-4-8(10)11-7/h2-4,6H,5H2,1H3,(H,12,13). The van der Waals surface area contributed by atoms with Crippen LogP contribution in [0.4, 0.5) is 0 Å². The van der Waals surface area contributed by atoms with Crippen LogP contribution in [0.2, 0.25) is 5.15 Å². The van der Waals surface area contributed by atoms with Crippen molar-refractivity contribution >= 4 is 29.3 Å². The number of nitrogens with zero attached hydrogens (tertiary/aromatic N) is 1. The molecule has 76 valence electrons. The molecule has 0 aromatic carbocycles. The van der Waals surface area contributed by atoms with Gasteiger partial charge in [0.15, 0.2) is 0 Å². The maximum atomic E-state index is 10.5. The molecule has 0 aliphatic heterocycles. The van der Waals surface area contributed by atoms with Crippen molar-refractivity contribution in [1.82, 2.24) is 4.98 Å². The second-order valence-corrected chi connectivity index (χ2v) is 4.46. The van der Waals surface area contributed by atoms with Gasteiger partial charge in [-0.1, -0.05) is 17.7 Å². The Morgan fingerprint density at radius 3 is 3.00 bits per heavy atom. The highest BCUT2D eigenvalue weighted by atomic mass is 35.5. The lowest BCUT2D eigenvalue weighted by atomic mass is 10.4. The first-order valence-electron chi connectivity index (χ1n) is 4.05. The van der Waals surface area contributed by atoms with Crippen LogP contribution >= 0.6 is 23.4 Å². The fourth-order valence-corrected chi connectivity index (χ4v) is 1.72. The van der Waals surface area contributed by atoms with Crippen LogP contribution in [0.25, 0.3) is 0 Å². The number of thioether (sulfide) groups is 1. The summed E-state index contributed by atoms with van der Waals surface area (Å²) in [7, 11) is 0. The Morgan fingerprint density at radius 1 is 1.71 bits per heavy atom. The molecule has 0 saturated heterocycles. The zero-order valence-corrected chi connectivity index (χ0v) is 9.18. The van der Waals surface area contributed by atoms with Gasteiger partial charge < -0.3 is 5.11 Å². The molecule has 1 aromatic rings. The number of carboxylic acid groups (broad SMARTS) is 1. The van der Waals surface area contributed by atoms with E-state index in [4.69, 9.17) is 16.7 Å².